The van der Waals surface area contributed by atoms with E-state index >= 15 is 0 Å². The number of ether oxygens (including phenoxy) is 1. The van der Waals surface area contributed by atoms with Gasteiger partial charge in [-0.2, -0.15) is 0 Å². The van der Waals surface area contributed by atoms with E-state index < -0.39 is 9.84 Å². The Hall–Kier alpha value is -1.33. The summed E-state index contributed by atoms with van der Waals surface area (Å²) in [5, 5.41) is 1.18. The molecule has 16 heavy (non-hydrogen) atoms. The number of nitrogens with two attached hydrogens (primary N) is 1. The van der Waals surface area contributed by atoms with Crippen LogP contribution in [0.1, 0.15) is 6.42 Å². The van der Waals surface area contributed by atoms with Crippen LogP contribution in [0.15, 0.2) is 40.6 Å². The zero-order valence-electron chi connectivity index (χ0n) is 9.09. The molecule has 0 saturated heterocycles. The third-order valence-electron chi connectivity index (χ3n) is 2.00. The van der Waals surface area contributed by atoms with Gasteiger partial charge < -0.3 is 10.5 Å². The van der Waals surface area contributed by atoms with Crippen LogP contribution in [-0.2, 0) is 9.84 Å². The number of rotatable bonds is 5. The Morgan fingerprint density at radius 2 is 1.94 bits per heavy atom. The normalized spacial score (nSPS) is 11.9. The fraction of sp³-hybridized carbons (Fsp3) is 0.273. The smallest absolute Gasteiger partial charge is 0.199 e. The van der Waals surface area contributed by atoms with Gasteiger partial charge in [0, 0.05) is 5.41 Å². The predicted octanol–water partition coefficient (Wildman–Crippen LogP) is 1.33. The van der Waals surface area contributed by atoms with E-state index in [1.807, 2.05) is 0 Å². The summed E-state index contributed by atoms with van der Waals surface area (Å²) >= 11 is 0. The van der Waals surface area contributed by atoms with Gasteiger partial charge in [0.05, 0.1) is 12.0 Å². The van der Waals surface area contributed by atoms with Crippen LogP contribution in [0, 0.1) is 0 Å². The Labute approximate surface area is 95.6 Å². The Morgan fingerprint density at radius 3 is 2.44 bits per heavy atom. The van der Waals surface area contributed by atoms with E-state index in [0.29, 0.717) is 18.7 Å². The highest BCUT2D eigenvalue weighted by molar-refractivity contribution is 7.94. The zero-order chi connectivity index (χ0) is 12.0. The molecule has 0 saturated carbocycles. The maximum absolute atomic E-state index is 11.7. The van der Waals surface area contributed by atoms with E-state index in [1.165, 1.54) is 24.7 Å². The fourth-order valence-electron chi connectivity index (χ4n) is 1.13. The molecular weight excluding hydrogens is 226 g/mol. The van der Waals surface area contributed by atoms with Crippen LogP contribution in [0.25, 0.3) is 0 Å². The number of sulfone groups is 1. The van der Waals surface area contributed by atoms with Crippen molar-refractivity contribution in [1.82, 2.24) is 0 Å². The highest BCUT2D eigenvalue weighted by Crippen LogP contribution is 2.17. The van der Waals surface area contributed by atoms with Gasteiger partial charge in [-0.05, 0) is 37.2 Å². The number of hydrogen-bond donors (Lipinski definition) is 1. The molecule has 0 aliphatic rings. The topological polar surface area (TPSA) is 69.4 Å². The molecule has 0 heterocycles. The molecule has 0 aromatic heterocycles. The van der Waals surface area contributed by atoms with Crippen molar-refractivity contribution in [3.05, 3.63) is 35.7 Å². The summed E-state index contributed by atoms with van der Waals surface area (Å²) in [6.45, 7) is 0.439. The van der Waals surface area contributed by atoms with E-state index in [9.17, 15) is 8.42 Å². The number of hydrogen-bond acceptors (Lipinski definition) is 4. The van der Waals surface area contributed by atoms with Crippen molar-refractivity contribution in [2.75, 3.05) is 13.7 Å². The first-order valence-corrected chi connectivity index (χ1v) is 6.40. The molecule has 0 amide bonds. The third-order valence-corrected chi connectivity index (χ3v) is 3.48. The molecule has 1 aromatic carbocycles. The Bertz CT molecular complexity index is 449. The molecule has 1 aromatic rings. The lowest BCUT2D eigenvalue weighted by Gasteiger charge is -2.01. The maximum atomic E-state index is 11.7. The summed E-state index contributed by atoms with van der Waals surface area (Å²) in [6.07, 6.45) is 2.11. The lowest BCUT2D eigenvalue weighted by atomic mass is 10.3. The molecule has 2 N–H and O–H groups in total. The molecule has 0 bridgehead atoms. The molecule has 0 fully saturated rings. The predicted molar refractivity (Wildman–Crippen MR) is 63.0 cm³/mol. The van der Waals surface area contributed by atoms with Crippen LogP contribution < -0.4 is 10.5 Å². The van der Waals surface area contributed by atoms with Crippen molar-refractivity contribution in [2.45, 2.75) is 11.3 Å². The molecule has 1 rings (SSSR count). The van der Waals surface area contributed by atoms with Gasteiger partial charge in [0.25, 0.3) is 0 Å². The van der Waals surface area contributed by atoms with E-state index in [1.54, 1.807) is 18.2 Å². The van der Waals surface area contributed by atoms with Crippen molar-refractivity contribution >= 4 is 9.84 Å². The quantitative estimate of drug-likeness (QED) is 0.844. The van der Waals surface area contributed by atoms with Crippen molar-refractivity contribution in [2.24, 2.45) is 5.73 Å². The fourth-order valence-corrected chi connectivity index (χ4v) is 2.20. The second-order valence-corrected chi connectivity index (χ2v) is 5.00. The van der Waals surface area contributed by atoms with Crippen molar-refractivity contribution in [1.29, 1.82) is 0 Å². The molecule has 0 atom stereocenters. The van der Waals surface area contributed by atoms with Crippen LogP contribution in [0.4, 0.5) is 0 Å². The van der Waals surface area contributed by atoms with Gasteiger partial charge in [-0.1, -0.05) is 6.08 Å². The second-order valence-electron chi connectivity index (χ2n) is 3.17. The van der Waals surface area contributed by atoms with Crippen LogP contribution in [0.5, 0.6) is 5.75 Å². The minimum absolute atomic E-state index is 0.251. The molecular formula is C11H15NO3S. The van der Waals surface area contributed by atoms with Crippen molar-refractivity contribution < 1.29 is 13.2 Å². The van der Waals surface area contributed by atoms with Gasteiger partial charge in [-0.3, -0.25) is 0 Å². The average Bonchev–Trinajstić information content (AvgIpc) is 2.29. The summed E-state index contributed by atoms with van der Waals surface area (Å²) in [5.74, 6) is 0.630. The van der Waals surface area contributed by atoms with Gasteiger partial charge in [-0.15, -0.1) is 0 Å². The summed E-state index contributed by atoms with van der Waals surface area (Å²) < 4.78 is 28.4. The number of methoxy groups -OCH3 is 1. The summed E-state index contributed by atoms with van der Waals surface area (Å²) in [7, 11) is -1.82. The highest BCUT2D eigenvalue weighted by Gasteiger charge is 2.09. The monoisotopic (exact) mass is 241 g/mol. The van der Waals surface area contributed by atoms with Gasteiger partial charge in [0.2, 0.25) is 0 Å². The second kappa shape index (κ2) is 5.67. The lowest BCUT2D eigenvalue weighted by molar-refractivity contribution is 0.414. The van der Waals surface area contributed by atoms with E-state index in [0.717, 1.165) is 0 Å². The minimum Gasteiger partial charge on any atom is -0.497 e. The van der Waals surface area contributed by atoms with E-state index in [-0.39, 0.29) is 4.90 Å². The minimum atomic E-state index is -3.35. The number of benzene rings is 1. The van der Waals surface area contributed by atoms with Gasteiger partial charge >= 0.3 is 0 Å². The summed E-state index contributed by atoms with van der Waals surface area (Å²) in [4.78, 5) is 0.251. The zero-order valence-corrected chi connectivity index (χ0v) is 9.91. The first kappa shape index (κ1) is 12.7. The average molecular weight is 241 g/mol. The highest BCUT2D eigenvalue weighted by atomic mass is 32.2. The molecule has 0 radical (unpaired) electrons. The van der Waals surface area contributed by atoms with Gasteiger partial charge in [0.1, 0.15) is 5.75 Å². The lowest BCUT2D eigenvalue weighted by Crippen LogP contribution is -1.98. The van der Waals surface area contributed by atoms with Crippen LogP contribution in [-0.4, -0.2) is 22.1 Å². The largest absolute Gasteiger partial charge is 0.497 e. The summed E-state index contributed by atoms with van der Waals surface area (Å²) in [5.41, 5.74) is 5.27. The van der Waals surface area contributed by atoms with Crippen LogP contribution >= 0.6 is 0 Å². The molecule has 0 spiro atoms. The van der Waals surface area contributed by atoms with Crippen molar-refractivity contribution in [3.8, 4) is 5.75 Å². The first-order valence-electron chi connectivity index (χ1n) is 4.86. The molecule has 4 nitrogen and oxygen atoms in total. The van der Waals surface area contributed by atoms with Gasteiger partial charge in [-0.25, -0.2) is 8.42 Å². The SMILES string of the molecule is COc1ccc(S(=O)(=O)/C=C/CCN)cc1. The van der Waals surface area contributed by atoms with E-state index in [2.05, 4.69) is 0 Å². The Morgan fingerprint density at radius 1 is 1.31 bits per heavy atom. The van der Waals surface area contributed by atoms with Gasteiger partial charge in [0.15, 0.2) is 9.84 Å². The maximum Gasteiger partial charge on any atom is 0.199 e. The molecule has 88 valence electrons. The standard InChI is InChI=1S/C11H15NO3S/c1-15-10-4-6-11(7-5-10)16(13,14)9-3-2-8-12/h3-7,9H,2,8,12H2,1H3/b9-3+. The van der Waals surface area contributed by atoms with Crippen LogP contribution in [0.2, 0.25) is 0 Å². The van der Waals surface area contributed by atoms with Crippen molar-refractivity contribution in [3.63, 3.8) is 0 Å². The van der Waals surface area contributed by atoms with Crippen LogP contribution in [0.3, 0.4) is 0 Å². The van der Waals surface area contributed by atoms with E-state index in [4.69, 9.17) is 10.5 Å². The first-order chi connectivity index (χ1) is 7.60. The Kier molecular flexibility index (Phi) is 4.52. The molecule has 0 unspecified atom stereocenters. The molecule has 0 aliphatic carbocycles. The third kappa shape index (κ3) is 3.36. The Balaban J connectivity index is 2.90. The molecule has 0 aliphatic heterocycles. The summed E-state index contributed by atoms with van der Waals surface area (Å²) in [6, 6.07) is 6.26. The molecule has 5 heteroatoms.